The van der Waals surface area contributed by atoms with Crippen molar-refractivity contribution < 1.29 is 4.79 Å². The molecule has 0 atom stereocenters. The lowest BCUT2D eigenvalue weighted by molar-refractivity contribution is 0.0755. The molecule has 0 spiro atoms. The molecule has 5 nitrogen and oxygen atoms in total. The molecule has 1 aromatic carbocycles. The molecule has 0 bridgehead atoms. The second-order valence-corrected chi connectivity index (χ2v) is 5.51. The molecule has 0 fully saturated rings. The molecule has 0 aliphatic heterocycles. The number of pyridine rings is 1. The number of nitrogens with one attached hydrogen (secondary N) is 1. The normalized spacial score (nSPS) is 10.0. The van der Waals surface area contributed by atoms with Gasteiger partial charge in [0.15, 0.2) is 0 Å². The van der Waals surface area contributed by atoms with Crippen LogP contribution in [0.2, 0.25) is 0 Å². The molecule has 0 aliphatic carbocycles. The van der Waals surface area contributed by atoms with E-state index in [1.54, 1.807) is 24.4 Å². The average molecular weight is 322 g/mol. The molecule has 2 aromatic rings. The zero-order valence-electron chi connectivity index (χ0n) is 14.1. The number of rotatable bonds is 7. The van der Waals surface area contributed by atoms with E-state index >= 15 is 0 Å². The third kappa shape index (κ3) is 4.32. The Balaban J connectivity index is 2.12. The summed E-state index contributed by atoms with van der Waals surface area (Å²) in [5.74, 6) is 0.613. The predicted molar refractivity (Wildman–Crippen MR) is 95.2 cm³/mol. The Labute approximate surface area is 142 Å². The van der Waals surface area contributed by atoms with E-state index in [4.69, 9.17) is 5.26 Å². The first-order valence-corrected chi connectivity index (χ1v) is 8.21. The largest absolute Gasteiger partial charge is 0.339 e. The molecular weight excluding hydrogens is 300 g/mol. The van der Waals surface area contributed by atoms with Crippen molar-refractivity contribution in [1.82, 2.24) is 9.88 Å². The van der Waals surface area contributed by atoms with Crippen LogP contribution in [0, 0.1) is 11.3 Å². The number of para-hydroxylation sites is 1. The number of benzene rings is 1. The van der Waals surface area contributed by atoms with Crippen LogP contribution in [0.5, 0.6) is 0 Å². The van der Waals surface area contributed by atoms with Gasteiger partial charge in [0.05, 0.1) is 16.8 Å². The topological polar surface area (TPSA) is 69.0 Å². The van der Waals surface area contributed by atoms with Crippen molar-refractivity contribution in [1.29, 1.82) is 5.26 Å². The van der Waals surface area contributed by atoms with Gasteiger partial charge in [0.25, 0.3) is 5.91 Å². The predicted octanol–water partition coefficient (Wildman–Crippen LogP) is 3.96. The summed E-state index contributed by atoms with van der Waals surface area (Å²) in [5.41, 5.74) is 1.83. The van der Waals surface area contributed by atoms with Gasteiger partial charge >= 0.3 is 0 Å². The number of aromatic nitrogens is 1. The number of amides is 1. The molecule has 124 valence electrons. The van der Waals surface area contributed by atoms with Crippen molar-refractivity contribution in [3.63, 3.8) is 0 Å². The summed E-state index contributed by atoms with van der Waals surface area (Å²) in [6.07, 6.45) is 3.45. The number of anilines is 2. The van der Waals surface area contributed by atoms with Crippen LogP contribution >= 0.6 is 0 Å². The van der Waals surface area contributed by atoms with E-state index in [2.05, 4.69) is 30.2 Å². The molecule has 0 unspecified atom stereocenters. The zero-order valence-corrected chi connectivity index (χ0v) is 14.1. The van der Waals surface area contributed by atoms with Gasteiger partial charge < -0.3 is 10.2 Å². The minimum Gasteiger partial charge on any atom is -0.339 e. The monoisotopic (exact) mass is 322 g/mol. The van der Waals surface area contributed by atoms with E-state index in [1.165, 1.54) is 0 Å². The van der Waals surface area contributed by atoms with Gasteiger partial charge in [0.2, 0.25) is 0 Å². The van der Waals surface area contributed by atoms with Crippen molar-refractivity contribution in [2.45, 2.75) is 26.7 Å². The number of nitrogens with zero attached hydrogens (tertiary/aromatic N) is 3. The minimum absolute atomic E-state index is 0.00942. The van der Waals surface area contributed by atoms with Gasteiger partial charge in [-0.1, -0.05) is 26.0 Å². The van der Waals surface area contributed by atoms with Crippen LogP contribution in [0.4, 0.5) is 11.5 Å². The Morgan fingerprint density at radius 1 is 1.17 bits per heavy atom. The van der Waals surface area contributed by atoms with Gasteiger partial charge in [-0.2, -0.15) is 5.26 Å². The summed E-state index contributed by atoms with van der Waals surface area (Å²) in [4.78, 5) is 18.7. The van der Waals surface area contributed by atoms with Gasteiger partial charge in [-0.25, -0.2) is 4.98 Å². The van der Waals surface area contributed by atoms with Crippen LogP contribution in [-0.2, 0) is 0 Å². The van der Waals surface area contributed by atoms with Crippen LogP contribution in [0.3, 0.4) is 0 Å². The highest BCUT2D eigenvalue weighted by Crippen LogP contribution is 2.19. The van der Waals surface area contributed by atoms with Gasteiger partial charge in [0.1, 0.15) is 11.9 Å². The standard InChI is InChI=1S/C19H22N4O/c1-3-11-23(12-4-2)19(24)16-9-10-18(21-14-16)22-17-8-6-5-7-15(17)13-20/h5-10,14H,3-4,11-12H2,1-2H3,(H,21,22). The summed E-state index contributed by atoms with van der Waals surface area (Å²) in [6, 6.07) is 12.9. The molecule has 5 heteroatoms. The summed E-state index contributed by atoms with van der Waals surface area (Å²) in [5, 5.41) is 12.2. The third-order valence-corrected chi connectivity index (χ3v) is 3.59. The Bertz CT molecular complexity index is 713. The van der Waals surface area contributed by atoms with Crippen molar-refractivity contribution in [2.75, 3.05) is 18.4 Å². The van der Waals surface area contributed by atoms with Crippen molar-refractivity contribution >= 4 is 17.4 Å². The highest BCUT2D eigenvalue weighted by atomic mass is 16.2. The first-order chi connectivity index (χ1) is 11.7. The van der Waals surface area contributed by atoms with Crippen molar-refractivity contribution in [3.05, 3.63) is 53.7 Å². The Kier molecular flexibility index (Phi) is 6.32. The number of carbonyl (C=O) groups excluding carboxylic acids is 1. The Morgan fingerprint density at radius 3 is 2.46 bits per heavy atom. The zero-order chi connectivity index (χ0) is 17.4. The SMILES string of the molecule is CCCN(CCC)C(=O)c1ccc(Nc2ccccc2C#N)nc1. The summed E-state index contributed by atoms with van der Waals surface area (Å²) in [7, 11) is 0. The molecule has 1 amide bonds. The molecule has 0 aliphatic rings. The molecule has 0 radical (unpaired) electrons. The number of carbonyl (C=O) groups is 1. The van der Waals surface area contributed by atoms with Gasteiger partial charge in [-0.05, 0) is 37.1 Å². The van der Waals surface area contributed by atoms with Gasteiger partial charge in [-0.15, -0.1) is 0 Å². The van der Waals surface area contributed by atoms with E-state index < -0.39 is 0 Å². The lowest BCUT2D eigenvalue weighted by atomic mass is 10.2. The lowest BCUT2D eigenvalue weighted by Crippen LogP contribution is -2.32. The highest BCUT2D eigenvalue weighted by Gasteiger charge is 2.14. The third-order valence-electron chi connectivity index (χ3n) is 3.59. The lowest BCUT2D eigenvalue weighted by Gasteiger charge is -2.21. The maximum Gasteiger partial charge on any atom is 0.255 e. The maximum atomic E-state index is 12.5. The van der Waals surface area contributed by atoms with Gasteiger partial charge in [-0.3, -0.25) is 4.79 Å². The molecule has 2 rings (SSSR count). The van der Waals surface area contributed by atoms with Gasteiger partial charge in [0, 0.05) is 19.3 Å². The van der Waals surface area contributed by atoms with E-state index in [0.717, 1.165) is 25.9 Å². The highest BCUT2D eigenvalue weighted by molar-refractivity contribution is 5.94. The molecule has 1 N–H and O–H groups in total. The first kappa shape index (κ1) is 17.5. The molecular formula is C19H22N4O. The average Bonchev–Trinajstić information content (AvgIpc) is 2.62. The van der Waals surface area contributed by atoms with Crippen LogP contribution in [-0.4, -0.2) is 28.9 Å². The fourth-order valence-corrected chi connectivity index (χ4v) is 2.46. The first-order valence-electron chi connectivity index (χ1n) is 8.21. The molecule has 1 aromatic heterocycles. The molecule has 0 saturated carbocycles. The second-order valence-electron chi connectivity index (χ2n) is 5.51. The number of nitriles is 1. The van der Waals surface area contributed by atoms with E-state index in [9.17, 15) is 4.79 Å². The smallest absolute Gasteiger partial charge is 0.255 e. The van der Waals surface area contributed by atoms with Crippen molar-refractivity contribution in [3.8, 4) is 6.07 Å². The maximum absolute atomic E-state index is 12.5. The van der Waals surface area contributed by atoms with Crippen LogP contribution in [0.25, 0.3) is 0 Å². The summed E-state index contributed by atoms with van der Waals surface area (Å²) < 4.78 is 0. The Morgan fingerprint density at radius 2 is 1.88 bits per heavy atom. The second kappa shape index (κ2) is 8.68. The van der Waals surface area contributed by atoms with Crippen LogP contribution in [0.1, 0.15) is 42.6 Å². The molecule has 1 heterocycles. The van der Waals surface area contributed by atoms with E-state index in [0.29, 0.717) is 22.6 Å². The van der Waals surface area contributed by atoms with Crippen molar-refractivity contribution in [2.24, 2.45) is 0 Å². The fraction of sp³-hybridized carbons (Fsp3) is 0.316. The quantitative estimate of drug-likeness (QED) is 0.837. The Hall–Kier alpha value is -2.87. The van der Waals surface area contributed by atoms with Crippen LogP contribution < -0.4 is 5.32 Å². The van der Waals surface area contributed by atoms with Crippen LogP contribution in [0.15, 0.2) is 42.6 Å². The molecule has 0 saturated heterocycles. The van der Waals surface area contributed by atoms with E-state index in [1.807, 2.05) is 23.1 Å². The fourth-order valence-electron chi connectivity index (χ4n) is 2.46. The minimum atomic E-state index is 0.00942. The molecule has 24 heavy (non-hydrogen) atoms. The summed E-state index contributed by atoms with van der Waals surface area (Å²) in [6.45, 7) is 5.63. The summed E-state index contributed by atoms with van der Waals surface area (Å²) >= 11 is 0. The number of hydrogen-bond donors (Lipinski definition) is 1. The number of hydrogen-bond acceptors (Lipinski definition) is 4. The van der Waals surface area contributed by atoms with E-state index in [-0.39, 0.29) is 5.91 Å².